The van der Waals surface area contributed by atoms with Crippen LogP contribution < -0.4 is 10.2 Å². The van der Waals surface area contributed by atoms with Crippen molar-refractivity contribution in [2.45, 2.75) is 26.0 Å². The van der Waals surface area contributed by atoms with Crippen molar-refractivity contribution in [2.75, 3.05) is 17.3 Å². The summed E-state index contributed by atoms with van der Waals surface area (Å²) in [5.41, 5.74) is 1.84. The first-order valence-electron chi connectivity index (χ1n) is 5.26. The maximum atomic E-state index is 12.0. The SMILES string of the molecule is CN1C(=O)C(C)(C)Nc2c(CO)cccc21. The van der Waals surface area contributed by atoms with E-state index >= 15 is 0 Å². The summed E-state index contributed by atoms with van der Waals surface area (Å²) in [5.74, 6) is 0.0232. The van der Waals surface area contributed by atoms with Gasteiger partial charge in [0.1, 0.15) is 5.54 Å². The number of para-hydroxylation sites is 1. The van der Waals surface area contributed by atoms with Crippen LogP contribution in [-0.2, 0) is 11.4 Å². The molecule has 4 nitrogen and oxygen atoms in total. The summed E-state index contributed by atoms with van der Waals surface area (Å²) in [4.78, 5) is 13.6. The smallest absolute Gasteiger partial charge is 0.251 e. The first-order chi connectivity index (χ1) is 7.47. The summed E-state index contributed by atoms with van der Waals surface area (Å²) in [6.45, 7) is 3.64. The van der Waals surface area contributed by atoms with Crippen LogP contribution in [0.25, 0.3) is 0 Å². The van der Waals surface area contributed by atoms with Crippen molar-refractivity contribution in [1.82, 2.24) is 0 Å². The van der Waals surface area contributed by atoms with E-state index in [9.17, 15) is 9.90 Å². The Balaban J connectivity index is 2.59. The highest BCUT2D eigenvalue weighted by atomic mass is 16.3. The average molecular weight is 220 g/mol. The number of rotatable bonds is 1. The lowest BCUT2D eigenvalue weighted by molar-refractivity contribution is -0.121. The van der Waals surface area contributed by atoms with Crippen LogP contribution in [0.1, 0.15) is 19.4 Å². The van der Waals surface area contributed by atoms with E-state index in [1.54, 1.807) is 11.9 Å². The van der Waals surface area contributed by atoms with Crippen LogP contribution in [0, 0.1) is 0 Å². The summed E-state index contributed by atoms with van der Waals surface area (Å²) in [6.07, 6.45) is 0. The molecule has 0 aliphatic carbocycles. The normalized spacial score (nSPS) is 18.0. The zero-order chi connectivity index (χ0) is 11.9. The van der Waals surface area contributed by atoms with Gasteiger partial charge in [0.2, 0.25) is 0 Å². The Kier molecular flexibility index (Phi) is 2.39. The Morgan fingerprint density at radius 1 is 1.44 bits per heavy atom. The van der Waals surface area contributed by atoms with Crippen LogP contribution in [0.15, 0.2) is 18.2 Å². The maximum Gasteiger partial charge on any atom is 0.251 e. The number of carbonyl (C=O) groups excluding carboxylic acids is 1. The highest BCUT2D eigenvalue weighted by Gasteiger charge is 2.37. The Labute approximate surface area is 94.9 Å². The van der Waals surface area contributed by atoms with Gasteiger partial charge in [-0.15, -0.1) is 0 Å². The second-order valence-electron chi connectivity index (χ2n) is 4.58. The van der Waals surface area contributed by atoms with E-state index in [0.717, 1.165) is 16.9 Å². The van der Waals surface area contributed by atoms with Crippen LogP contribution in [0.2, 0.25) is 0 Å². The Morgan fingerprint density at radius 2 is 2.12 bits per heavy atom. The number of benzene rings is 1. The monoisotopic (exact) mass is 220 g/mol. The molecule has 2 rings (SSSR count). The van der Waals surface area contributed by atoms with Crippen LogP contribution in [0.3, 0.4) is 0 Å². The molecule has 1 aliphatic heterocycles. The second-order valence-corrected chi connectivity index (χ2v) is 4.58. The van der Waals surface area contributed by atoms with Crippen molar-refractivity contribution in [2.24, 2.45) is 0 Å². The number of aliphatic hydroxyl groups excluding tert-OH is 1. The third-order valence-corrected chi connectivity index (χ3v) is 2.94. The van der Waals surface area contributed by atoms with Gasteiger partial charge in [-0.3, -0.25) is 4.79 Å². The predicted octanol–water partition coefficient (Wildman–Crippen LogP) is 1.35. The third kappa shape index (κ3) is 1.46. The molecule has 0 saturated heterocycles. The van der Waals surface area contributed by atoms with Gasteiger partial charge in [-0.05, 0) is 19.9 Å². The van der Waals surface area contributed by atoms with E-state index in [2.05, 4.69) is 5.32 Å². The number of nitrogens with one attached hydrogen (secondary N) is 1. The molecule has 0 spiro atoms. The fraction of sp³-hybridized carbons (Fsp3) is 0.417. The van der Waals surface area contributed by atoms with E-state index in [4.69, 9.17) is 0 Å². The lowest BCUT2D eigenvalue weighted by atomic mass is 9.97. The first-order valence-corrected chi connectivity index (χ1v) is 5.26. The minimum atomic E-state index is -0.632. The molecule has 1 heterocycles. The first kappa shape index (κ1) is 11.0. The van der Waals surface area contributed by atoms with Gasteiger partial charge in [0.15, 0.2) is 0 Å². The zero-order valence-electron chi connectivity index (χ0n) is 9.74. The van der Waals surface area contributed by atoms with Gasteiger partial charge >= 0.3 is 0 Å². The number of aliphatic hydroxyl groups is 1. The van der Waals surface area contributed by atoms with E-state index in [1.807, 2.05) is 32.0 Å². The van der Waals surface area contributed by atoms with Crippen LogP contribution in [0.4, 0.5) is 11.4 Å². The second kappa shape index (κ2) is 3.49. The molecule has 0 saturated carbocycles. The standard InChI is InChI=1S/C12H16N2O2/c1-12(2)11(16)14(3)9-6-4-5-8(7-15)10(9)13-12/h4-6,13,15H,7H2,1-3H3. The third-order valence-electron chi connectivity index (χ3n) is 2.94. The minimum absolute atomic E-state index is 0.0232. The van der Waals surface area contributed by atoms with Gasteiger partial charge in [-0.1, -0.05) is 12.1 Å². The topological polar surface area (TPSA) is 52.6 Å². The molecule has 16 heavy (non-hydrogen) atoms. The molecule has 0 bridgehead atoms. The Hall–Kier alpha value is -1.55. The maximum absolute atomic E-state index is 12.0. The van der Waals surface area contributed by atoms with Crippen molar-refractivity contribution >= 4 is 17.3 Å². The lowest BCUT2D eigenvalue weighted by Gasteiger charge is -2.38. The van der Waals surface area contributed by atoms with E-state index in [-0.39, 0.29) is 12.5 Å². The molecule has 0 radical (unpaired) electrons. The molecule has 4 heteroatoms. The van der Waals surface area contributed by atoms with E-state index in [1.165, 1.54) is 0 Å². The molecule has 2 N–H and O–H groups in total. The molecular formula is C12H16N2O2. The molecule has 86 valence electrons. The van der Waals surface area contributed by atoms with Crippen LogP contribution in [0.5, 0.6) is 0 Å². The fourth-order valence-corrected chi connectivity index (χ4v) is 2.04. The highest BCUT2D eigenvalue weighted by Crippen LogP contribution is 2.36. The largest absolute Gasteiger partial charge is 0.392 e. The van der Waals surface area contributed by atoms with Crippen LogP contribution >= 0.6 is 0 Å². The van der Waals surface area contributed by atoms with E-state index < -0.39 is 5.54 Å². The molecule has 1 aliphatic rings. The van der Waals surface area contributed by atoms with Crippen molar-refractivity contribution in [3.8, 4) is 0 Å². The van der Waals surface area contributed by atoms with Crippen molar-refractivity contribution in [1.29, 1.82) is 0 Å². The van der Waals surface area contributed by atoms with E-state index in [0.29, 0.717) is 0 Å². The number of likely N-dealkylation sites (N-methyl/N-ethyl adjacent to an activating group) is 1. The van der Waals surface area contributed by atoms with Gasteiger partial charge in [0.25, 0.3) is 5.91 Å². The number of fused-ring (bicyclic) bond motifs is 1. The molecule has 0 fully saturated rings. The molecule has 0 aromatic heterocycles. The Morgan fingerprint density at radius 3 is 2.75 bits per heavy atom. The number of amides is 1. The van der Waals surface area contributed by atoms with Gasteiger partial charge in [-0.2, -0.15) is 0 Å². The quantitative estimate of drug-likeness (QED) is 0.751. The van der Waals surface area contributed by atoms with Crippen molar-refractivity contribution in [3.05, 3.63) is 23.8 Å². The lowest BCUT2D eigenvalue weighted by Crippen LogP contribution is -2.52. The summed E-state index contributed by atoms with van der Waals surface area (Å²) in [7, 11) is 1.75. The van der Waals surface area contributed by atoms with Crippen LogP contribution in [-0.4, -0.2) is 23.6 Å². The Bertz CT molecular complexity index is 441. The zero-order valence-corrected chi connectivity index (χ0v) is 9.74. The molecular weight excluding hydrogens is 204 g/mol. The number of nitrogens with zero attached hydrogens (tertiary/aromatic N) is 1. The van der Waals surface area contributed by atoms with Gasteiger partial charge < -0.3 is 15.3 Å². The number of carbonyl (C=O) groups is 1. The average Bonchev–Trinajstić information content (AvgIpc) is 2.25. The minimum Gasteiger partial charge on any atom is -0.392 e. The summed E-state index contributed by atoms with van der Waals surface area (Å²) in [5, 5.41) is 12.5. The summed E-state index contributed by atoms with van der Waals surface area (Å²) in [6, 6.07) is 5.56. The molecule has 1 aromatic rings. The number of hydrogen-bond acceptors (Lipinski definition) is 3. The molecule has 1 aromatic carbocycles. The van der Waals surface area contributed by atoms with Crippen molar-refractivity contribution in [3.63, 3.8) is 0 Å². The predicted molar refractivity (Wildman–Crippen MR) is 63.5 cm³/mol. The summed E-state index contributed by atoms with van der Waals surface area (Å²) >= 11 is 0. The van der Waals surface area contributed by atoms with Gasteiger partial charge in [0.05, 0.1) is 18.0 Å². The molecule has 0 atom stereocenters. The van der Waals surface area contributed by atoms with Gasteiger partial charge in [-0.25, -0.2) is 0 Å². The highest BCUT2D eigenvalue weighted by molar-refractivity contribution is 6.07. The summed E-state index contributed by atoms with van der Waals surface area (Å²) < 4.78 is 0. The van der Waals surface area contributed by atoms with Gasteiger partial charge in [0, 0.05) is 12.6 Å². The molecule has 0 unspecified atom stereocenters. The number of anilines is 2. The fourth-order valence-electron chi connectivity index (χ4n) is 2.04. The molecule has 1 amide bonds. The van der Waals surface area contributed by atoms with Crippen molar-refractivity contribution < 1.29 is 9.90 Å². The number of hydrogen-bond donors (Lipinski definition) is 2.